The molecule has 2 aromatic heterocycles. The number of aromatic nitrogens is 3. The monoisotopic (exact) mass is 441 g/mol. The number of piperazine rings is 1. The van der Waals surface area contributed by atoms with Gasteiger partial charge in [0, 0.05) is 74.0 Å². The lowest BCUT2D eigenvalue weighted by molar-refractivity contribution is 0.589. The molecular formula is C24H27N9. The second kappa shape index (κ2) is 9.17. The number of aromatic amines is 1. The van der Waals surface area contributed by atoms with Crippen molar-refractivity contribution in [2.45, 2.75) is 0 Å². The molecular weight excluding hydrogens is 414 g/mol. The van der Waals surface area contributed by atoms with Gasteiger partial charge in [0.1, 0.15) is 11.5 Å². The first-order chi connectivity index (χ1) is 16.2. The molecule has 1 aliphatic rings. The summed E-state index contributed by atoms with van der Waals surface area (Å²) in [7, 11) is 1.84. The third-order valence-corrected chi connectivity index (χ3v) is 5.76. The first kappa shape index (κ1) is 20.8. The number of fused-ring (bicyclic) bond motifs is 1. The Kier molecular flexibility index (Phi) is 5.77. The average Bonchev–Trinajstić information content (AvgIpc) is 3.34. The fraction of sp³-hybridized carbons (Fsp3) is 0.208. The Labute approximate surface area is 192 Å². The maximum Gasteiger partial charge on any atom is 0.231 e. The normalized spacial score (nSPS) is 13.7. The Hall–Kier alpha value is -4.11. The molecule has 9 nitrogen and oxygen atoms in total. The Morgan fingerprint density at radius 2 is 1.76 bits per heavy atom. The second-order valence-electron chi connectivity index (χ2n) is 7.87. The van der Waals surface area contributed by atoms with Gasteiger partial charge in [0.05, 0.1) is 5.39 Å². The van der Waals surface area contributed by atoms with Crippen LogP contribution in [0.15, 0.2) is 54.7 Å². The minimum absolute atomic E-state index is 0.507. The lowest BCUT2D eigenvalue weighted by atomic mass is 10.1. The molecule has 0 radical (unpaired) electrons. The number of hydrogen-bond acceptors (Lipinski definition) is 8. The molecule has 1 fully saturated rings. The summed E-state index contributed by atoms with van der Waals surface area (Å²) in [5.74, 6) is 1.21. The number of anilines is 6. The van der Waals surface area contributed by atoms with Crippen LogP contribution in [-0.2, 0) is 0 Å². The number of benzene rings is 2. The molecule has 2 aromatic carbocycles. The molecule has 6 N–H and O–H groups in total. The number of H-pyrrole nitrogens is 1. The van der Waals surface area contributed by atoms with Crippen LogP contribution in [0.1, 0.15) is 5.56 Å². The minimum atomic E-state index is 0.507. The lowest BCUT2D eigenvalue weighted by Gasteiger charge is -2.29. The quantitative estimate of drug-likeness (QED) is 0.241. The number of nitrogens with one attached hydrogen (secondary N) is 6. The Morgan fingerprint density at radius 1 is 0.970 bits per heavy atom. The molecule has 0 saturated carbocycles. The van der Waals surface area contributed by atoms with Gasteiger partial charge in [-0.25, -0.2) is 0 Å². The van der Waals surface area contributed by atoms with Gasteiger partial charge < -0.3 is 36.6 Å². The van der Waals surface area contributed by atoms with E-state index in [4.69, 9.17) is 10.4 Å². The zero-order valence-corrected chi connectivity index (χ0v) is 18.4. The highest BCUT2D eigenvalue weighted by Crippen LogP contribution is 2.28. The maximum atomic E-state index is 7.55. The number of rotatable bonds is 7. The van der Waals surface area contributed by atoms with Crippen LogP contribution >= 0.6 is 0 Å². The van der Waals surface area contributed by atoms with Crippen molar-refractivity contribution >= 4 is 51.8 Å². The van der Waals surface area contributed by atoms with Crippen molar-refractivity contribution in [3.05, 3.63) is 60.3 Å². The van der Waals surface area contributed by atoms with Crippen LogP contribution in [0.2, 0.25) is 0 Å². The van der Waals surface area contributed by atoms with Crippen LogP contribution in [0.4, 0.5) is 34.5 Å². The van der Waals surface area contributed by atoms with Gasteiger partial charge in [0.15, 0.2) is 0 Å². The standard InChI is InChI=1S/C24H27N9/c1-26-21-14-18(3-2-16(21)15-25)29-23-20-8-9-28-22(20)31-24(32-23)30-17-4-6-19(7-5-17)33-12-10-27-11-13-33/h2-9,14-15,25-27H,10-13H2,1H3,(H3,28,29,30,31,32). The zero-order chi connectivity index (χ0) is 22.6. The van der Waals surface area contributed by atoms with E-state index in [9.17, 15) is 0 Å². The zero-order valence-electron chi connectivity index (χ0n) is 18.4. The summed E-state index contributed by atoms with van der Waals surface area (Å²) in [4.78, 5) is 14.9. The second-order valence-corrected chi connectivity index (χ2v) is 7.87. The van der Waals surface area contributed by atoms with Gasteiger partial charge >= 0.3 is 0 Å². The Bertz CT molecular complexity index is 1260. The molecule has 4 aromatic rings. The van der Waals surface area contributed by atoms with E-state index < -0.39 is 0 Å². The molecule has 9 heteroatoms. The van der Waals surface area contributed by atoms with Gasteiger partial charge in [-0.15, -0.1) is 0 Å². The van der Waals surface area contributed by atoms with Crippen LogP contribution in [0.5, 0.6) is 0 Å². The molecule has 0 amide bonds. The van der Waals surface area contributed by atoms with E-state index in [-0.39, 0.29) is 0 Å². The molecule has 5 rings (SSSR count). The summed E-state index contributed by atoms with van der Waals surface area (Å²) in [6, 6.07) is 16.1. The van der Waals surface area contributed by atoms with Crippen LogP contribution in [0, 0.1) is 5.41 Å². The van der Waals surface area contributed by atoms with Gasteiger partial charge in [0.25, 0.3) is 0 Å². The van der Waals surface area contributed by atoms with Gasteiger partial charge in [-0.05, 0) is 48.5 Å². The van der Waals surface area contributed by atoms with Gasteiger partial charge in [0.2, 0.25) is 5.95 Å². The molecule has 1 aliphatic heterocycles. The predicted molar refractivity (Wildman–Crippen MR) is 136 cm³/mol. The van der Waals surface area contributed by atoms with Crippen LogP contribution < -0.4 is 26.2 Å². The van der Waals surface area contributed by atoms with Gasteiger partial charge in [-0.2, -0.15) is 9.97 Å². The van der Waals surface area contributed by atoms with Gasteiger partial charge in [-0.3, -0.25) is 0 Å². The van der Waals surface area contributed by atoms with E-state index in [1.165, 1.54) is 11.9 Å². The van der Waals surface area contributed by atoms with E-state index in [0.717, 1.165) is 59.8 Å². The highest BCUT2D eigenvalue weighted by molar-refractivity contribution is 5.92. The van der Waals surface area contributed by atoms with Crippen LogP contribution in [0.3, 0.4) is 0 Å². The van der Waals surface area contributed by atoms with Crippen molar-refractivity contribution in [3.8, 4) is 0 Å². The largest absolute Gasteiger partial charge is 0.388 e. The number of nitrogens with zero attached hydrogens (tertiary/aromatic N) is 3. The Balaban J connectivity index is 1.39. The van der Waals surface area contributed by atoms with Crippen LogP contribution in [-0.4, -0.2) is 54.4 Å². The summed E-state index contributed by atoms with van der Waals surface area (Å²) in [6.45, 7) is 4.06. The van der Waals surface area contributed by atoms with E-state index in [1.54, 1.807) is 0 Å². The molecule has 0 spiro atoms. The third-order valence-electron chi connectivity index (χ3n) is 5.76. The first-order valence-electron chi connectivity index (χ1n) is 11.0. The van der Waals surface area contributed by atoms with E-state index in [1.807, 2.05) is 37.5 Å². The van der Waals surface area contributed by atoms with Gasteiger partial charge in [-0.1, -0.05) is 0 Å². The summed E-state index contributed by atoms with van der Waals surface area (Å²) < 4.78 is 0. The van der Waals surface area contributed by atoms with Crippen molar-refractivity contribution < 1.29 is 0 Å². The van der Waals surface area contributed by atoms with E-state index in [2.05, 4.69) is 60.4 Å². The van der Waals surface area contributed by atoms with Crippen LogP contribution in [0.25, 0.3) is 11.0 Å². The van der Waals surface area contributed by atoms with Crippen molar-refractivity contribution in [3.63, 3.8) is 0 Å². The SMILES string of the molecule is CNc1cc(Nc2nc(Nc3ccc(N4CCNCC4)cc3)nc3[nH]ccc23)ccc1C=N. The molecule has 168 valence electrons. The summed E-state index contributed by atoms with van der Waals surface area (Å²) in [5, 5.41) is 21.7. The summed E-state index contributed by atoms with van der Waals surface area (Å²) in [5.41, 5.74) is 5.47. The molecule has 0 atom stereocenters. The van der Waals surface area contributed by atoms with Crippen molar-refractivity contribution in [1.82, 2.24) is 20.3 Å². The predicted octanol–water partition coefficient (Wildman–Crippen LogP) is 3.89. The molecule has 3 heterocycles. The summed E-state index contributed by atoms with van der Waals surface area (Å²) >= 11 is 0. The summed E-state index contributed by atoms with van der Waals surface area (Å²) in [6.07, 6.45) is 3.19. The fourth-order valence-electron chi connectivity index (χ4n) is 4.01. The Morgan fingerprint density at radius 3 is 2.52 bits per heavy atom. The van der Waals surface area contributed by atoms with E-state index in [0.29, 0.717) is 11.8 Å². The van der Waals surface area contributed by atoms with E-state index >= 15 is 0 Å². The molecule has 33 heavy (non-hydrogen) atoms. The molecule has 0 aliphatic carbocycles. The minimum Gasteiger partial charge on any atom is -0.388 e. The highest BCUT2D eigenvalue weighted by atomic mass is 15.2. The van der Waals surface area contributed by atoms with Crippen molar-refractivity contribution in [1.29, 1.82) is 5.41 Å². The highest BCUT2D eigenvalue weighted by Gasteiger charge is 2.12. The third kappa shape index (κ3) is 4.44. The lowest BCUT2D eigenvalue weighted by Crippen LogP contribution is -2.43. The van der Waals surface area contributed by atoms with Crippen molar-refractivity contribution in [2.75, 3.05) is 54.1 Å². The topological polar surface area (TPSA) is 117 Å². The molecule has 0 bridgehead atoms. The fourth-order valence-corrected chi connectivity index (χ4v) is 4.01. The van der Waals surface area contributed by atoms with Crippen molar-refractivity contribution in [2.24, 2.45) is 0 Å². The first-order valence-corrected chi connectivity index (χ1v) is 11.0. The maximum absolute atomic E-state index is 7.55. The molecule has 1 saturated heterocycles. The average molecular weight is 442 g/mol. The smallest absolute Gasteiger partial charge is 0.231 e. The molecule has 0 unspecified atom stereocenters. The number of hydrogen-bond donors (Lipinski definition) is 6.